The Morgan fingerprint density at radius 3 is 2.68 bits per heavy atom. The van der Waals surface area contributed by atoms with Crippen LogP contribution in [0.5, 0.6) is 0 Å². The zero-order valence-corrected chi connectivity index (χ0v) is 22.9. The van der Waals surface area contributed by atoms with E-state index in [1.54, 1.807) is 0 Å². The van der Waals surface area contributed by atoms with Crippen molar-refractivity contribution in [2.45, 2.75) is 28.6 Å². The highest BCUT2D eigenvalue weighted by Crippen LogP contribution is 2.46. The Morgan fingerprint density at radius 1 is 1.27 bits per heavy atom. The van der Waals surface area contributed by atoms with Gasteiger partial charge in [-0.15, -0.1) is 16.1 Å². The molecule has 2 amide bonds. The molecule has 0 saturated carbocycles. The summed E-state index contributed by atoms with van der Waals surface area (Å²) < 4.78 is 9.76. The van der Waals surface area contributed by atoms with Gasteiger partial charge in [-0.05, 0) is 11.5 Å². The van der Waals surface area contributed by atoms with E-state index in [9.17, 15) is 19.5 Å². The molecule has 2 atom stereocenters. The van der Waals surface area contributed by atoms with Gasteiger partial charge in [-0.25, -0.2) is 4.79 Å². The fraction of sp³-hybridized carbons (Fsp3) is 0.474. The Bertz CT molecular complexity index is 1320. The van der Waals surface area contributed by atoms with Gasteiger partial charge in [-0.3, -0.25) is 19.0 Å². The van der Waals surface area contributed by atoms with Crippen LogP contribution in [-0.2, 0) is 19.2 Å². The van der Waals surface area contributed by atoms with Gasteiger partial charge in [-0.1, -0.05) is 16.9 Å². The third-order valence-corrected chi connectivity index (χ3v) is 9.95. The number of rotatable bonds is 8. The minimum Gasteiger partial charge on any atom is -0.477 e. The highest BCUT2D eigenvalue weighted by molar-refractivity contribution is 8.07. The van der Waals surface area contributed by atoms with E-state index >= 15 is 0 Å². The maximum Gasteiger partial charge on any atom is 0.353 e. The first-order chi connectivity index (χ1) is 17.7. The molecular formula is C19H22N9O5S4+. The molecule has 3 aliphatic rings. The van der Waals surface area contributed by atoms with E-state index in [-0.39, 0.29) is 22.4 Å². The van der Waals surface area contributed by atoms with Crippen molar-refractivity contribution in [1.29, 1.82) is 0 Å². The van der Waals surface area contributed by atoms with Crippen molar-refractivity contribution in [2.24, 2.45) is 5.16 Å². The topological polar surface area (TPSA) is 186 Å². The number of nitrogen functional groups attached to an aromatic ring is 1. The van der Waals surface area contributed by atoms with Crippen molar-refractivity contribution in [3.63, 3.8) is 0 Å². The first kappa shape index (κ1) is 25.8. The number of oxime groups is 1. The molecule has 0 aromatic carbocycles. The molecule has 1 unspecified atom stereocenters. The average Bonchev–Trinajstić information content (AvgIpc) is 3.62. The van der Waals surface area contributed by atoms with Crippen molar-refractivity contribution in [2.75, 3.05) is 38.7 Å². The molecule has 37 heavy (non-hydrogen) atoms. The van der Waals surface area contributed by atoms with Crippen LogP contribution in [0.3, 0.4) is 0 Å². The molecule has 3 aliphatic heterocycles. The average molecular weight is 585 g/mol. The number of hydrogen-bond acceptors (Lipinski definition) is 14. The van der Waals surface area contributed by atoms with Gasteiger partial charge in [0.1, 0.15) is 24.2 Å². The van der Waals surface area contributed by atoms with Gasteiger partial charge in [-0.2, -0.15) is 14.3 Å². The Balaban J connectivity index is 1.32. The van der Waals surface area contributed by atoms with Gasteiger partial charge >= 0.3 is 11.9 Å². The zero-order valence-electron chi connectivity index (χ0n) is 19.6. The summed E-state index contributed by atoms with van der Waals surface area (Å²) in [6.07, 6.45) is 2.24. The van der Waals surface area contributed by atoms with E-state index in [4.69, 9.17) is 10.6 Å². The number of hydrogen-bond donors (Lipinski definition) is 3. The second kappa shape index (κ2) is 10.2. The molecule has 5 rings (SSSR count). The molecule has 0 radical (unpaired) electrons. The van der Waals surface area contributed by atoms with E-state index in [2.05, 4.69) is 36.2 Å². The number of nitrogens with zero attached hydrogens (tertiary/aromatic N) is 7. The van der Waals surface area contributed by atoms with Gasteiger partial charge in [0.2, 0.25) is 11.5 Å². The standard InChI is InChI=1S/C19H21N9O5S4/c1-28(5-3-4-6-28)18-23-19(37-26-18)35-8-7-34-15-10(14(30)27(15)11(8)16(31)32)21-13(29)9(24-33-2)12-22-17(20)36-25-12/h10,15H,3-7H2,1-2H3,(H3-,20,21,22,25,29,31,32)/p+1/b24-9-/t10-,15?/m1/s1. The number of fused-ring (bicyclic) bond motifs is 1. The number of carbonyl (C=O) groups is 3. The highest BCUT2D eigenvalue weighted by atomic mass is 32.2. The lowest BCUT2D eigenvalue weighted by atomic mass is 10.0. The molecule has 18 heteroatoms. The number of thioether (sulfide) groups is 2. The number of amides is 2. The molecule has 2 aromatic heterocycles. The number of β-lactam (4-membered cyclic amide) rings is 1. The number of carboxylic acids is 1. The van der Waals surface area contributed by atoms with Gasteiger partial charge in [0.25, 0.3) is 11.8 Å². The molecule has 14 nitrogen and oxygen atoms in total. The fourth-order valence-electron chi connectivity index (χ4n) is 4.29. The van der Waals surface area contributed by atoms with E-state index in [1.165, 1.54) is 47.1 Å². The molecule has 5 heterocycles. The Morgan fingerprint density at radius 2 is 2.03 bits per heavy atom. The van der Waals surface area contributed by atoms with Crippen LogP contribution in [0, 0.1) is 0 Å². The smallest absolute Gasteiger partial charge is 0.353 e. The minimum absolute atomic E-state index is 0.0342. The van der Waals surface area contributed by atoms with Gasteiger partial charge in [0.15, 0.2) is 9.47 Å². The lowest BCUT2D eigenvalue weighted by Crippen LogP contribution is -2.71. The summed E-state index contributed by atoms with van der Waals surface area (Å²) in [6, 6.07) is -0.954. The molecule has 196 valence electrons. The maximum absolute atomic E-state index is 13.0. The second-order valence-corrected chi connectivity index (χ2v) is 12.5. The van der Waals surface area contributed by atoms with Crippen LogP contribution in [-0.4, -0.2) is 96.6 Å². The Kier molecular flexibility index (Phi) is 7.10. The first-order valence-corrected chi connectivity index (χ1v) is 14.4. The van der Waals surface area contributed by atoms with Crippen LogP contribution < -0.4 is 15.5 Å². The van der Waals surface area contributed by atoms with Crippen molar-refractivity contribution in [3.05, 3.63) is 16.4 Å². The lowest BCUT2D eigenvalue weighted by molar-refractivity contribution is -0.150. The third-order valence-electron chi connectivity index (χ3n) is 6.12. The third kappa shape index (κ3) is 4.78. The lowest BCUT2D eigenvalue weighted by Gasteiger charge is -2.49. The molecule has 0 spiro atoms. The van der Waals surface area contributed by atoms with E-state index in [0.717, 1.165) is 43.4 Å². The number of anilines is 1. The number of nitrogens with one attached hydrogen (secondary N) is 1. The second-order valence-electron chi connectivity index (χ2n) is 8.53. The van der Waals surface area contributed by atoms with E-state index in [1.807, 2.05) is 0 Å². The highest BCUT2D eigenvalue weighted by Gasteiger charge is 2.55. The minimum atomic E-state index is -1.22. The largest absolute Gasteiger partial charge is 0.477 e. The normalized spacial score (nSPS) is 23.0. The summed E-state index contributed by atoms with van der Waals surface area (Å²) in [5.41, 5.74) is 5.24. The Hall–Kier alpha value is -2.80. The SMILES string of the molecule is CO/N=C(\C(=O)N[C@@H]1C(=O)N2C(C(=O)O)=C(Sc3nc([N+]4(C)CCCC4)ns3)CSC12)c1nsc(N)n1. The molecule has 4 N–H and O–H groups in total. The van der Waals surface area contributed by atoms with Crippen LogP contribution in [0.15, 0.2) is 20.1 Å². The molecular weight excluding hydrogens is 563 g/mol. The first-order valence-electron chi connectivity index (χ1n) is 11.0. The van der Waals surface area contributed by atoms with Gasteiger partial charge < -0.3 is 21.0 Å². The molecule has 0 bridgehead atoms. The van der Waals surface area contributed by atoms with Crippen LogP contribution in [0.2, 0.25) is 0 Å². The summed E-state index contributed by atoms with van der Waals surface area (Å²) in [5.74, 6) is -1.48. The van der Waals surface area contributed by atoms with Gasteiger partial charge in [0.05, 0.1) is 20.1 Å². The number of aromatic nitrogens is 4. The van der Waals surface area contributed by atoms with Crippen LogP contribution >= 0.6 is 46.6 Å². The maximum atomic E-state index is 13.0. The summed E-state index contributed by atoms with van der Waals surface area (Å²) in [4.78, 5) is 53.1. The van der Waals surface area contributed by atoms with E-state index in [0.29, 0.717) is 19.5 Å². The van der Waals surface area contributed by atoms with Crippen LogP contribution in [0.4, 0.5) is 11.1 Å². The van der Waals surface area contributed by atoms with Crippen LogP contribution in [0.1, 0.15) is 18.7 Å². The number of carbonyl (C=O) groups excluding carboxylic acids is 2. The fourth-order valence-corrected chi connectivity index (χ4v) is 8.06. The van der Waals surface area contributed by atoms with Gasteiger partial charge in [0, 0.05) is 35.0 Å². The zero-order chi connectivity index (χ0) is 26.3. The summed E-state index contributed by atoms with van der Waals surface area (Å²) in [7, 11) is 3.36. The van der Waals surface area contributed by atoms with Crippen molar-refractivity contribution in [1.82, 2.24) is 33.4 Å². The van der Waals surface area contributed by atoms with Crippen LogP contribution in [0.25, 0.3) is 0 Å². The number of quaternary nitrogens is 1. The molecule has 0 aliphatic carbocycles. The summed E-state index contributed by atoms with van der Waals surface area (Å²) in [6.45, 7) is 1.94. The monoisotopic (exact) mass is 584 g/mol. The number of carboxylic acid groups (broad SMARTS) is 1. The van der Waals surface area contributed by atoms with Crippen molar-refractivity contribution >= 4 is 81.2 Å². The molecule has 2 aromatic rings. The predicted octanol–water partition coefficient (Wildman–Crippen LogP) is 0.542. The molecule has 2 fully saturated rings. The van der Waals surface area contributed by atoms with E-state index < -0.39 is 29.2 Å². The number of nitrogens with two attached hydrogens (primary N) is 1. The predicted molar refractivity (Wildman–Crippen MR) is 140 cm³/mol. The van der Waals surface area contributed by atoms with Crippen molar-refractivity contribution < 1.29 is 24.3 Å². The Labute approximate surface area is 227 Å². The number of likely N-dealkylation sites (tertiary alicyclic amines) is 1. The number of aliphatic carboxylic acids is 1. The van der Waals surface area contributed by atoms with Crippen molar-refractivity contribution in [3.8, 4) is 0 Å². The quantitative estimate of drug-likeness (QED) is 0.169. The summed E-state index contributed by atoms with van der Waals surface area (Å²) >= 11 is 4.68. The molecule has 2 saturated heterocycles. The summed E-state index contributed by atoms with van der Waals surface area (Å²) in [5, 5.41) is 15.8.